The smallest absolute Gasteiger partial charge is 0.225 e. The number of hydrazine groups is 1. The second kappa shape index (κ2) is 3.02. The van der Waals surface area contributed by atoms with Gasteiger partial charge in [0, 0.05) is 6.42 Å². The third kappa shape index (κ3) is 1.46. The summed E-state index contributed by atoms with van der Waals surface area (Å²) in [5, 5.41) is 2.69. The van der Waals surface area contributed by atoms with Gasteiger partial charge in [0.05, 0.1) is 11.9 Å². The number of nitrogen functional groups attached to an aromatic ring is 1. The Morgan fingerprint density at radius 1 is 1.54 bits per heavy atom. The molecule has 68 valence electrons. The number of carbonyl (C=O) groups is 1. The number of hydrogen-bond acceptors (Lipinski definition) is 4. The van der Waals surface area contributed by atoms with E-state index in [4.69, 9.17) is 5.84 Å². The molecule has 0 aliphatic carbocycles. The number of carbonyl (C=O) groups excluding carboxylic acids is 1. The molecule has 13 heavy (non-hydrogen) atoms. The van der Waals surface area contributed by atoms with Crippen LogP contribution in [0.25, 0.3) is 0 Å². The van der Waals surface area contributed by atoms with Gasteiger partial charge >= 0.3 is 0 Å². The fourth-order valence-corrected chi connectivity index (χ4v) is 1.34. The SMILES string of the molecule is NNc1cnc2c(c1)CCC(=O)N2. The number of aryl methyl sites for hydroxylation is 1. The van der Waals surface area contributed by atoms with Crippen LogP contribution in [0.1, 0.15) is 12.0 Å². The maximum atomic E-state index is 11.0. The van der Waals surface area contributed by atoms with Crippen molar-refractivity contribution in [1.82, 2.24) is 4.98 Å². The maximum absolute atomic E-state index is 11.0. The van der Waals surface area contributed by atoms with Gasteiger partial charge in [-0.3, -0.25) is 10.6 Å². The largest absolute Gasteiger partial charge is 0.323 e. The zero-order chi connectivity index (χ0) is 9.26. The van der Waals surface area contributed by atoms with E-state index in [0.717, 1.165) is 17.7 Å². The molecule has 1 aliphatic heterocycles. The molecular formula is C8H10N4O. The first-order valence-electron chi connectivity index (χ1n) is 4.05. The number of hydrogen-bond donors (Lipinski definition) is 3. The fraction of sp³-hybridized carbons (Fsp3) is 0.250. The second-order valence-electron chi connectivity index (χ2n) is 2.92. The Bertz CT molecular complexity index is 350. The summed E-state index contributed by atoms with van der Waals surface area (Å²) < 4.78 is 0. The van der Waals surface area contributed by atoms with Gasteiger partial charge in [0.2, 0.25) is 5.91 Å². The molecule has 0 spiro atoms. The summed E-state index contributed by atoms with van der Waals surface area (Å²) in [4.78, 5) is 15.1. The van der Waals surface area contributed by atoms with Gasteiger partial charge in [-0.1, -0.05) is 0 Å². The van der Waals surface area contributed by atoms with E-state index in [1.165, 1.54) is 0 Å². The zero-order valence-corrected chi connectivity index (χ0v) is 7.00. The zero-order valence-electron chi connectivity index (χ0n) is 7.00. The molecule has 0 saturated heterocycles. The molecule has 0 radical (unpaired) electrons. The lowest BCUT2D eigenvalue weighted by molar-refractivity contribution is -0.116. The molecule has 1 amide bonds. The molecule has 0 bridgehead atoms. The minimum Gasteiger partial charge on any atom is -0.323 e. The van der Waals surface area contributed by atoms with Crippen molar-refractivity contribution in [3.63, 3.8) is 0 Å². The van der Waals surface area contributed by atoms with E-state index < -0.39 is 0 Å². The van der Waals surface area contributed by atoms with Crippen LogP contribution < -0.4 is 16.6 Å². The summed E-state index contributed by atoms with van der Waals surface area (Å²) in [6.07, 6.45) is 2.83. The first kappa shape index (κ1) is 8.00. The molecule has 5 heteroatoms. The molecule has 2 heterocycles. The van der Waals surface area contributed by atoms with Crippen LogP contribution in [0.3, 0.4) is 0 Å². The van der Waals surface area contributed by atoms with Crippen molar-refractivity contribution in [3.05, 3.63) is 17.8 Å². The van der Waals surface area contributed by atoms with Crippen molar-refractivity contribution in [2.24, 2.45) is 5.84 Å². The van der Waals surface area contributed by atoms with Gasteiger partial charge in [0.1, 0.15) is 5.82 Å². The van der Waals surface area contributed by atoms with Gasteiger partial charge in [0.15, 0.2) is 0 Å². The Morgan fingerprint density at radius 2 is 2.38 bits per heavy atom. The van der Waals surface area contributed by atoms with Gasteiger partial charge in [-0.05, 0) is 18.1 Å². The third-order valence-electron chi connectivity index (χ3n) is 2.01. The van der Waals surface area contributed by atoms with Crippen LogP contribution in [0, 0.1) is 0 Å². The van der Waals surface area contributed by atoms with Crippen molar-refractivity contribution < 1.29 is 4.79 Å². The van der Waals surface area contributed by atoms with Gasteiger partial charge in [-0.15, -0.1) is 0 Å². The van der Waals surface area contributed by atoms with Crippen LogP contribution in [0.15, 0.2) is 12.3 Å². The molecule has 0 aromatic carbocycles. The highest BCUT2D eigenvalue weighted by Gasteiger charge is 2.15. The second-order valence-corrected chi connectivity index (χ2v) is 2.92. The summed E-state index contributed by atoms with van der Waals surface area (Å²) in [5.41, 5.74) is 4.30. The molecular weight excluding hydrogens is 168 g/mol. The average molecular weight is 178 g/mol. The number of amides is 1. The van der Waals surface area contributed by atoms with Gasteiger partial charge < -0.3 is 10.7 Å². The molecule has 4 N–H and O–H groups in total. The summed E-state index contributed by atoms with van der Waals surface area (Å²) in [7, 11) is 0. The normalized spacial score (nSPS) is 14.7. The maximum Gasteiger partial charge on any atom is 0.225 e. The summed E-state index contributed by atoms with van der Waals surface area (Å²) in [6.45, 7) is 0. The summed E-state index contributed by atoms with van der Waals surface area (Å²) in [5.74, 6) is 5.90. The fourth-order valence-electron chi connectivity index (χ4n) is 1.34. The lowest BCUT2D eigenvalue weighted by Crippen LogP contribution is -2.20. The molecule has 0 fully saturated rings. The molecule has 0 saturated carbocycles. The van der Waals surface area contributed by atoms with Crippen molar-refractivity contribution in [2.45, 2.75) is 12.8 Å². The number of pyridine rings is 1. The van der Waals surface area contributed by atoms with E-state index in [9.17, 15) is 4.79 Å². The van der Waals surface area contributed by atoms with Crippen molar-refractivity contribution in [1.29, 1.82) is 0 Å². The molecule has 1 aromatic rings. The van der Waals surface area contributed by atoms with Gasteiger partial charge in [0.25, 0.3) is 0 Å². The quantitative estimate of drug-likeness (QED) is 0.425. The van der Waals surface area contributed by atoms with E-state index in [1.807, 2.05) is 6.07 Å². The first-order chi connectivity index (χ1) is 6.29. The number of nitrogens with one attached hydrogen (secondary N) is 2. The molecule has 1 aromatic heterocycles. The number of anilines is 2. The Morgan fingerprint density at radius 3 is 3.15 bits per heavy atom. The van der Waals surface area contributed by atoms with Crippen LogP contribution >= 0.6 is 0 Å². The number of aromatic nitrogens is 1. The molecule has 0 atom stereocenters. The minimum atomic E-state index is 0.0217. The first-order valence-corrected chi connectivity index (χ1v) is 4.05. The predicted molar refractivity (Wildman–Crippen MR) is 49.0 cm³/mol. The molecule has 2 rings (SSSR count). The van der Waals surface area contributed by atoms with E-state index in [2.05, 4.69) is 15.7 Å². The van der Waals surface area contributed by atoms with E-state index in [-0.39, 0.29) is 5.91 Å². The monoisotopic (exact) mass is 178 g/mol. The van der Waals surface area contributed by atoms with Crippen LogP contribution in [-0.2, 0) is 11.2 Å². The Labute approximate surface area is 75.3 Å². The highest BCUT2D eigenvalue weighted by molar-refractivity contribution is 5.92. The average Bonchev–Trinajstić information content (AvgIpc) is 2.17. The molecule has 1 aliphatic rings. The van der Waals surface area contributed by atoms with Crippen molar-refractivity contribution in [3.8, 4) is 0 Å². The van der Waals surface area contributed by atoms with Crippen LogP contribution in [0.2, 0.25) is 0 Å². The van der Waals surface area contributed by atoms with Crippen molar-refractivity contribution >= 4 is 17.4 Å². The minimum absolute atomic E-state index is 0.0217. The standard InChI is InChI=1S/C8H10N4O/c9-12-6-3-5-1-2-7(13)11-8(5)10-4-6/h3-4,12H,1-2,9H2,(H,10,11,13). The summed E-state index contributed by atoms with van der Waals surface area (Å²) in [6, 6.07) is 1.89. The Hall–Kier alpha value is -1.62. The van der Waals surface area contributed by atoms with Crippen LogP contribution in [-0.4, -0.2) is 10.9 Å². The number of nitrogens with two attached hydrogens (primary N) is 1. The van der Waals surface area contributed by atoms with Gasteiger partial charge in [-0.2, -0.15) is 0 Å². The lowest BCUT2D eigenvalue weighted by Gasteiger charge is -2.15. The van der Waals surface area contributed by atoms with Crippen LogP contribution in [0.5, 0.6) is 0 Å². The highest BCUT2D eigenvalue weighted by atomic mass is 16.1. The number of fused-ring (bicyclic) bond motifs is 1. The van der Waals surface area contributed by atoms with E-state index >= 15 is 0 Å². The van der Waals surface area contributed by atoms with E-state index in [1.54, 1.807) is 6.20 Å². The molecule has 0 unspecified atom stereocenters. The number of rotatable bonds is 1. The lowest BCUT2D eigenvalue weighted by atomic mass is 10.1. The Kier molecular flexibility index (Phi) is 1.86. The summed E-state index contributed by atoms with van der Waals surface area (Å²) >= 11 is 0. The van der Waals surface area contributed by atoms with Crippen LogP contribution in [0.4, 0.5) is 11.5 Å². The van der Waals surface area contributed by atoms with Crippen molar-refractivity contribution in [2.75, 3.05) is 10.7 Å². The van der Waals surface area contributed by atoms with Gasteiger partial charge in [-0.25, -0.2) is 4.98 Å². The highest BCUT2D eigenvalue weighted by Crippen LogP contribution is 2.22. The van der Waals surface area contributed by atoms with E-state index in [0.29, 0.717) is 12.2 Å². The molecule has 5 nitrogen and oxygen atoms in total. The Balaban J connectivity index is 2.36. The third-order valence-corrected chi connectivity index (χ3v) is 2.01. The number of nitrogens with zero attached hydrogens (tertiary/aromatic N) is 1. The predicted octanol–water partition coefficient (Wildman–Crippen LogP) is 0.252. The topological polar surface area (TPSA) is 80.0 Å².